The van der Waals surface area contributed by atoms with Gasteiger partial charge in [-0.05, 0) is 35.2 Å². The molecule has 5 rings (SSSR count). The van der Waals surface area contributed by atoms with E-state index in [1.165, 1.54) is 0 Å². The normalized spacial score (nSPS) is 11.1. The van der Waals surface area contributed by atoms with Crippen molar-refractivity contribution >= 4 is 22.3 Å². The SMILES string of the molecule is COc1cc2c3[nH][nH]c(Nc4ccccc4)c-3c(-c3ccccc3)c2cc1OC. The number of anilines is 2. The number of aromatic amines is 2. The third-order valence-electron chi connectivity index (χ3n) is 5.23. The van der Waals surface area contributed by atoms with E-state index in [1.807, 2.05) is 42.5 Å². The minimum absolute atomic E-state index is 0.707. The van der Waals surface area contributed by atoms with E-state index in [0.717, 1.165) is 44.7 Å². The second kappa shape index (κ2) is 6.95. The van der Waals surface area contributed by atoms with Crippen LogP contribution in [0, 0.1) is 0 Å². The highest BCUT2D eigenvalue weighted by atomic mass is 16.5. The van der Waals surface area contributed by atoms with Crippen molar-refractivity contribution in [2.24, 2.45) is 0 Å². The number of para-hydroxylation sites is 1. The van der Waals surface area contributed by atoms with Crippen LogP contribution in [0.3, 0.4) is 0 Å². The number of ether oxygens (including phenoxy) is 2. The molecule has 0 fully saturated rings. The summed E-state index contributed by atoms with van der Waals surface area (Å²) in [7, 11) is 3.32. The zero-order chi connectivity index (χ0) is 19.8. The van der Waals surface area contributed by atoms with Crippen molar-refractivity contribution in [3.8, 4) is 33.9 Å². The maximum absolute atomic E-state index is 5.58. The molecule has 0 atom stereocenters. The second-order valence-corrected chi connectivity index (χ2v) is 6.86. The summed E-state index contributed by atoms with van der Waals surface area (Å²) in [6.07, 6.45) is 0. The van der Waals surface area contributed by atoms with Gasteiger partial charge in [-0.2, -0.15) is 0 Å². The largest absolute Gasteiger partial charge is 0.493 e. The average Bonchev–Trinajstić information content (AvgIpc) is 3.32. The molecule has 29 heavy (non-hydrogen) atoms. The summed E-state index contributed by atoms with van der Waals surface area (Å²) in [5.41, 5.74) is 5.43. The first kappa shape index (κ1) is 17.3. The molecule has 5 heteroatoms. The fraction of sp³-hybridized carbons (Fsp3) is 0.0833. The van der Waals surface area contributed by atoms with Crippen molar-refractivity contribution in [1.29, 1.82) is 0 Å². The van der Waals surface area contributed by atoms with E-state index in [2.05, 4.69) is 45.8 Å². The summed E-state index contributed by atoms with van der Waals surface area (Å²) in [6.45, 7) is 0. The van der Waals surface area contributed by atoms with Crippen molar-refractivity contribution in [2.45, 2.75) is 0 Å². The summed E-state index contributed by atoms with van der Waals surface area (Å²) in [4.78, 5) is 0. The van der Waals surface area contributed by atoms with Crippen LogP contribution in [0.25, 0.3) is 33.2 Å². The molecule has 0 bridgehead atoms. The van der Waals surface area contributed by atoms with Gasteiger partial charge < -0.3 is 14.8 Å². The van der Waals surface area contributed by atoms with Crippen LogP contribution in [0.2, 0.25) is 0 Å². The lowest BCUT2D eigenvalue weighted by Gasteiger charge is -2.09. The van der Waals surface area contributed by atoms with Gasteiger partial charge in [0.25, 0.3) is 0 Å². The minimum Gasteiger partial charge on any atom is -0.493 e. The molecular weight excluding hydrogens is 362 g/mol. The predicted octanol–water partition coefficient (Wildman–Crippen LogP) is 6.03. The van der Waals surface area contributed by atoms with Gasteiger partial charge >= 0.3 is 0 Å². The molecule has 0 radical (unpaired) electrons. The highest BCUT2D eigenvalue weighted by Crippen LogP contribution is 2.50. The van der Waals surface area contributed by atoms with Gasteiger partial charge in [0, 0.05) is 16.6 Å². The van der Waals surface area contributed by atoms with Crippen molar-refractivity contribution in [3.63, 3.8) is 0 Å². The van der Waals surface area contributed by atoms with Gasteiger partial charge in [-0.3, -0.25) is 10.2 Å². The quantitative estimate of drug-likeness (QED) is 0.347. The lowest BCUT2D eigenvalue weighted by molar-refractivity contribution is 0.356. The van der Waals surface area contributed by atoms with Crippen molar-refractivity contribution in [2.75, 3.05) is 19.5 Å². The first-order valence-electron chi connectivity index (χ1n) is 9.45. The third-order valence-corrected chi connectivity index (χ3v) is 5.23. The van der Waals surface area contributed by atoms with Crippen LogP contribution < -0.4 is 14.8 Å². The number of aromatic nitrogens is 2. The van der Waals surface area contributed by atoms with Gasteiger partial charge in [-0.1, -0.05) is 48.5 Å². The molecule has 0 spiro atoms. The molecule has 0 saturated carbocycles. The Labute approximate surface area is 168 Å². The first-order valence-corrected chi connectivity index (χ1v) is 9.45. The number of methoxy groups -OCH3 is 2. The van der Waals surface area contributed by atoms with Crippen LogP contribution in [-0.2, 0) is 0 Å². The molecule has 1 aliphatic carbocycles. The molecule has 0 saturated heterocycles. The number of nitrogens with one attached hydrogen (secondary N) is 3. The van der Waals surface area contributed by atoms with Crippen LogP contribution in [0.1, 0.15) is 0 Å². The Bertz CT molecular complexity index is 1240. The van der Waals surface area contributed by atoms with Gasteiger partial charge in [0.1, 0.15) is 5.82 Å². The molecule has 3 aromatic rings. The minimum atomic E-state index is 0.707. The molecular formula is C24H21N3O2. The van der Waals surface area contributed by atoms with Crippen molar-refractivity contribution in [3.05, 3.63) is 72.8 Å². The topological polar surface area (TPSA) is 62.1 Å². The number of fused-ring (bicyclic) bond motifs is 3. The molecule has 3 N–H and O–H groups in total. The maximum atomic E-state index is 5.58. The molecule has 5 nitrogen and oxygen atoms in total. The van der Waals surface area contributed by atoms with Gasteiger partial charge in [0.05, 0.1) is 25.5 Å². The monoisotopic (exact) mass is 383 g/mol. The number of H-pyrrole nitrogens is 2. The Morgan fingerprint density at radius 3 is 1.97 bits per heavy atom. The van der Waals surface area contributed by atoms with Crippen molar-refractivity contribution < 1.29 is 9.47 Å². The van der Waals surface area contributed by atoms with Gasteiger partial charge in [0.2, 0.25) is 0 Å². The number of hydrogen-bond donors (Lipinski definition) is 3. The van der Waals surface area contributed by atoms with Crippen LogP contribution in [0.4, 0.5) is 11.5 Å². The number of benzene rings is 3. The molecule has 2 aliphatic rings. The van der Waals surface area contributed by atoms with E-state index in [9.17, 15) is 0 Å². The van der Waals surface area contributed by atoms with E-state index in [-0.39, 0.29) is 0 Å². The Morgan fingerprint density at radius 2 is 1.31 bits per heavy atom. The zero-order valence-corrected chi connectivity index (χ0v) is 16.2. The van der Waals surface area contributed by atoms with Gasteiger partial charge in [0.15, 0.2) is 11.5 Å². The first-order chi connectivity index (χ1) is 14.3. The van der Waals surface area contributed by atoms with Crippen LogP contribution >= 0.6 is 0 Å². The Hall–Kier alpha value is -3.86. The molecule has 0 aromatic heterocycles. The fourth-order valence-electron chi connectivity index (χ4n) is 3.92. The van der Waals surface area contributed by atoms with Crippen LogP contribution in [-0.4, -0.2) is 24.4 Å². The summed E-state index contributed by atoms with van der Waals surface area (Å²) in [6, 6.07) is 24.6. The number of hydrogen-bond acceptors (Lipinski definition) is 3. The number of rotatable bonds is 5. The Morgan fingerprint density at radius 1 is 0.690 bits per heavy atom. The zero-order valence-electron chi connectivity index (χ0n) is 16.2. The smallest absolute Gasteiger partial charge is 0.161 e. The predicted molar refractivity (Wildman–Crippen MR) is 118 cm³/mol. The summed E-state index contributed by atoms with van der Waals surface area (Å²) >= 11 is 0. The standard InChI is InChI=1S/C24H21N3O2/c1-28-19-13-17-18(14-20(19)29-2)23-22(21(17)15-9-5-3-6-10-15)24(27-26-23)25-16-11-7-4-8-12-16/h3-14,25-27H,1-2H3. The van der Waals surface area contributed by atoms with Crippen molar-refractivity contribution in [1.82, 2.24) is 10.2 Å². The molecule has 0 unspecified atom stereocenters. The molecule has 1 aliphatic heterocycles. The summed E-state index contributed by atoms with van der Waals surface area (Å²) in [5.74, 6) is 2.34. The maximum Gasteiger partial charge on any atom is 0.161 e. The van der Waals surface area contributed by atoms with Crippen LogP contribution in [0.5, 0.6) is 11.5 Å². The Kier molecular flexibility index (Phi) is 4.13. The molecule has 0 amide bonds. The molecule has 144 valence electrons. The highest BCUT2D eigenvalue weighted by Gasteiger charge is 2.26. The summed E-state index contributed by atoms with van der Waals surface area (Å²) in [5, 5.41) is 12.3. The third kappa shape index (κ3) is 2.79. The average molecular weight is 383 g/mol. The van der Waals surface area contributed by atoms with E-state index >= 15 is 0 Å². The van der Waals surface area contributed by atoms with E-state index in [1.54, 1.807) is 14.2 Å². The summed E-state index contributed by atoms with van der Waals surface area (Å²) < 4.78 is 11.1. The molecule has 3 aromatic carbocycles. The Balaban J connectivity index is 1.80. The van der Waals surface area contributed by atoms with Gasteiger partial charge in [-0.25, -0.2) is 0 Å². The lowest BCUT2D eigenvalue weighted by Crippen LogP contribution is -1.92. The van der Waals surface area contributed by atoms with E-state index in [4.69, 9.17) is 9.47 Å². The van der Waals surface area contributed by atoms with E-state index < -0.39 is 0 Å². The fourth-order valence-corrected chi connectivity index (χ4v) is 3.92. The highest BCUT2D eigenvalue weighted by molar-refractivity contribution is 6.17. The second-order valence-electron chi connectivity index (χ2n) is 6.86. The lowest BCUT2D eigenvalue weighted by atomic mass is 10.0. The van der Waals surface area contributed by atoms with Crippen LogP contribution in [0.15, 0.2) is 72.8 Å². The molecule has 1 heterocycles. The van der Waals surface area contributed by atoms with E-state index in [0.29, 0.717) is 11.5 Å². The van der Waals surface area contributed by atoms with Gasteiger partial charge in [-0.15, -0.1) is 0 Å².